The van der Waals surface area contributed by atoms with Gasteiger partial charge in [0.05, 0.1) is 12.2 Å². The van der Waals surface area contributed by atoms with E-state index in [1.807, 2.05) is 33.8 Å². The molecule has 9 rings (SSSR count). The maximum absolute atomic E-state index is 14.8. The van der Waals surface area contributed by atoms with E-state index in [9.17, 15) is 19.5 Å². The Bertz CT molecular complexity index is 2490. The van der Waals surface area contributed by atoms with Crippen LogP contribution in [-0.4, -0.2) is 49.1 Å². The van der Waals surface area contributed by atoms with Crippen molar-refractivity contribution in [3.63, 3.8) is 0 Å². The van der Waals surface area contributed by atoms with Gasteiger partial charge >= 0.3 is 17.6 Å². The molecule has 1 aliphatic carbocycles. The number of hydrogen-bond donors (Lipinski definition) is 1. The summed E-state index contributed by atoms with van der Waals surface area (Å²) < 4.78 is 31.2. The van der Waals surface area contributed by atoms with Crippen molar-refractivity contribution in [2.24, 2.45) is 5.92 Å². The Morgan fingerprint density at radius 1 is 0.855 bits per heavy atom. The van der Waals surface area contributed by atoms with Crippen LogP contribution in [0.2, 0.25) is 0 Å². The van der Waals surface area contributed by atoms with E-state index in [-0.39, 0.29) is 43.0 Å². The highest BCUT2D eigenvalue weighted by molar-refractivity contribution is 5.90. The normalized spacial score (nSPS) is 23.0. The Morgan fingerprint density at radius 3 is 2.37 bits per heavy atom. The lowest BCUT2D eigenvalue weighted by molar-refractivity contribution is -0.188. The summed E-state index contributed by atoms with van der Waals surface area (Å²) in [4.78, 5) is 42.9. The SMILES string of the molecule is COC[C@@H](CCO)c1cc2ccc3c(c2oc1=O)[C@H]1OC(=O)C[C@@H]2C[C@@H](c4cccc(Cc5ccccc5)c4)CC[C@@H]2c2ccc(cc2)CCC(=C(C)C)C(=O)O[C@@H]1C(C)(C)O3. The summed E-state index contributed by atoms with van der Waals surface area (Å²) >= 11 is 0. The molecule has 1 fully saturated rings. The van der Waals surface area contributed by atoms with E-state index in [0.29, 0.717) is 47.1 Å². The highest BCUT2D eigenvalue weighted by Gasteiger charge is 2.51. The number of aliphatic hydroxyl groups excluding tert-OH is 1. The van der Waals surface area contributed by atoms with Crippen LogP contribution >= 0.6 is 0 Å². The molecule has 0 amide bonds. The maximum atomic E-state index is 14.8. The van der Waals surface area contributed by atoms with Crippen LogP contribution in [0.4, 0.5) is 0 Å². The van der Waals surface area contributed by atoms with Gasteiger partial charge in [0, 0.05) is 42.6 Å². The molecule has 0 spiro atoms. The molecule has 1 saturated carbocycles. The van der Waals surface area contributed by atoms with Crippen LogP contribution in [0.1, 0.15) is 129 Å². The Balaban J connectivity index is 1.19. The molecule has 324 valence electrons. The van der Waals surface area contributed by atoms with Gasteiger partial charge in [0.2, 0.25) is 0 Å². The Morgan fingerprint density at radius 2 is 1.63 bits per heavy atom. The van der Waals surface area contributed by atoms with E-state index in [4.69, 9.17) is 23.4 Å². The van der Waals surface area contributed by atoms with Crippen LogP contribution in [0.5, 0.6) is 5.75 Å². The van der Waals surface area contributed by atoms with Gasteiger partial charge in [0.1, 0.15) is 16.9 Å². The number of methoxy groups -OCH3 is 1. The van der Waals surface area contributed by atoms with Crippen molar-refractivity contribution in [2.45, 2.75) is 115 Å². The van der Waals surface area contributed by atoms with Crippen molar-refractivity contribution < 1.29 is 38.1 Å². The number of aliphatic hydroxyl groups is 1. The number of esters is 2. The molecular weight excluding hydrogens is 781 g/mol. The molecule has 2 bridgehead atoms. The van der Waals surface area contributed by atoms with Gasteiger partial charge in [-0.05, 0) is 136 Å². The van der Waals surface area contributed by atoms with Crippen molar-refractivity contribution >= 4 is 22.9 Å². The van der Waals surface area contributed by atoms with E-state index < -0.39 is 41.3 Å². The Hall–Kier alpha value is -5.51. The molecule has 0 radical (unpaired) electrons. The summed E-state index contributed by atoms with van der Waals surface area (Å²) in [5.41, 5.74) is 6.64. The Kier molecular flexibility index (Phi) is 12.8. The second-order valence-corrected chi connectivity index (χ2v) is 18.2. The molecule has 6 atom stereocenters. The van der Waals surface area contributed by atoms with E-state index in [1.165, 1.54) is 22.3 Å². The fourth-order valence-corrected chi connectivity index (χ4v) is 10.1. The Labute approximate surface area is 364 Å². The first-order valence-corrected chi connectivity index (χ1v) is 22.1. The number of aryl methyl sites for hydroxylation is 1. The molecule has 1 N–H and O–H groups in total. The molecule has 9 heteroatoms. The topological polar surface area (TPSA) is 122 Å². The van der Waals surface area contributed by atoms with E-state index >= 15 is 0 Å². The third kappa shape index (κ3) is 9.16. The summed E-state index contributed by atoms with van der Waals surface area (Å²) in [5.74, 6) is -0.634. The minimum Gasteiger partial charge on any atom is -0.483 e. The average Bonchev–Trinajstić information content (AvgIpc) is 3.24. The maximum Gasteiger partial charge on any atom is 0.339 e. The van der Waals surface area contributed by atoms with Gasteiger partial charge in [0.25, 0.3) is 0 Å². The molecule has 62 heavy (non-hydrogen) atoms. The molecule has 4 aliphatic rings. The van der Waals surface area contributed by atoms with E-state index in [1.54, 1.807) is 25.3 Å². The lowest BCUT2D eigenvalue weighted by Gasteiger charge is -2.43. The summed E-state index contributed by atoms with van der Waals surface area (Å²) in [6, 6.07) is 33.4. The van der Waals surface area contributed by atoms with Crippen LogP contribution in [0.15, 0.2) is 117 Å². The zero-order valence-corrected chi connectivity index (χ0v) is 36.5. The summed E-state index contributed by atoms with van der Waals surface area (Å²) in [7, 11) is 1.55. The number of fused-ring (bicyclic) bond motifs is 11. The van der Waals surface area contributed by atoms with Crippen molar-refractivity contribution in [2.75, 3.05) is 20.3 Å². The lowest BCUT2D eigenvalue weighted by Crippen LogP contribution is -2.52. The molecule has 4 aromatic carbocycles. The first-order valence-electron chi connectivity index (χ1n) is 22.1. The monoisotopic (exact) mass is 838 g/mol. The predicted octanol–water partition coefficient (Wildman–Crippen LogP) is 10.2. The smallest absolute Gasteiger partial charge is 0.339 e. The van der Waals surface area contributed by atoms with Crippen LogP contribution in [0.3, 0.4) is 0 Å². The fraction of sp³-hybridized carbons (Fsp3) is 0.415. The minimum absolute atomic E-state index is 0.0411. The van der Waals surface area contributed by atoms with Crippen molar-refractivity contribution in [3.8, 4) is 5.75 Å². The fourth-order valence-electron chi connectivity index (χ4n) is 10.1. The molecule has 4 heterocycles. The molecule has 5 aromatic rings. The van der Waals surface area contributed by atoms with Crippen LogP contribution < -0.4 is 10.4 Å². The largest absolute Gasteiger partial charge is 0.483 e. The zero-order chi connectivity index (χ0) is 43.5. The van der Waals surface area contributed by atoms with Crippen molar-refractivity contribution in [3.05, 3.63) is 158 Å². The van der Waals surface area contributed by atoms with E-state index in [2.05, 4.69) is 72.8 Å². The van der Waals surface area contributed by atoms with Crippen LogP contribution in [0.25, 0.3) is 11.0 Å². The van der Waals surface area contributed by atoms with Crippen LogP contribution in [-0.2, 0) is 36.6 Å². The lowest BCUT2D eigenvalue weighted by atomic mass is 9.68. The van der Waals surface area contributed by atoms with Crippen LogP contribution in [0, 0.1) is 5.92 Å². The second kappa shape index (κ2) is 18.5. The van der Waals surface area contributed by atoms with Gasteiger partial charge in [-0.15, -0.1) is 0 Å². The molecule has 9 nitrogen and oxygen atoms in total. The van der Waals surface area contributed by atoms with Gasteiger partial charge < -0.3 is 28.5 Å². The third-order valence-electron chi connectivity index (χ3n) is 13.3. The molecular formula is C53H58O9. The summed E-state index contributed by atoms with van der Waals surface area (Å²) in [6.45, 7) is 7.52. The number of benzene rings is 4. The van der Waals surface area contributed by atoms with Gasteiger partial charge in [0.15, 0.2) is 12.2 Å². The molecule has 1 aromatic heterocycles. The first-order chi connectivity index (χ1) is 29.9. The van der Waals surface area contributed by atoms with Gasteiger partial charge in [-0.1, -0.05) is 84.4 Å². The second-order valence-electron chi connectivity index (χ2n) is 18.2. The highest BCUT2D eigenvalue weighted by Crippen LogP contribution is 2.49. The molecule has 0 unspecified atom stereocenters. The first kappa shape index (κ1) is 43.2. The van der Waals surface area contributed by atoms with Gasteiger partial charge in [-0.3, -0.25) is 4.79 Å². The third-order valence-corrected chi connectivity index (χ3v) is 13.3. The number of rotatable bonds is 8. The van der Waals surface area contributed by atoms with Crippen molar-refractivity contribution in [1.82, 2.24) is 0 Å². The van der Waals surface area contributed by atoms with Gasteiger partial charge in [-0.2, -0.15) is 0 Å². The van der Waals surface area contributed by atoms with Crippen molar-refractivity contribution in [1.29, 1.82) is 0 Å². The predicted molar refractivity (Wildman–Crippen MR) is 238 cm³/mol. The summed E-state index contributed by atoms with van der Waals surface area (Å²) in [6.07, 6.45) is 2.85. The molecule has 0 saturated heterocycles. The van der Waals surface area contributed by atoms with E-state index in [0.717, 1.165) is 36.8 Å². The number of carbonyl (C=O) groups excluding carboxylic acids is 2. The number of hydrogen-bond acceptors (Lipinski definition) is 9. The number of ether oxygens (including phenoxy) is 4. The van der Waals surface area contributed by atoms with Gasteiger partial charge in [-0.25, -0.2) is 9.59 Å². The number of carbonyl (C=O) groups is 2. The average molecular weight is 839 g/mol. The molecule has 3 aliphatic heterocycles. The highest BCUT2D eigenvalue weighted by atomic mass is 16.6. The quantitative estimate of drug-likeness (QED) is 0.0925. The zero-order valence-electron chi connectivity index (χ0n) is 36.5. The summed E-state index contributed by atoms with van der Waals surface area (Å²) in [5, 5.41) is 10.4. The number of allylic oxidation sites excluding steroid dienone is 1. The standard InChI is InChI=1S/C53H58O9/c1-32(2)42-21-16-33-14-17-36(18-15-33)43-22-19-38(37-13-9-12-35(27-37)26-34-10-7-6-8-11-34)28-41(43)30-46(55)59-49-47-45(62-53(3,4)50(49)61-51(42)56)23-20-39-29-44(52(57)60-48(39)47)40(24-25-54)31-58-5/h6-15,17-18,20,23,27,29,38,40-41,43,49-50,54H,16,19,21-22,24-26,28,30-31H2,1-5H3/t38-,40+,41-,43+,49+,50-/m0/s1. The minimum atomic E-state index is -1.16.